The Balaban J connectivity index is 1.57. The lowest BCUT2D eigenvalue weighted by Gasteiger charge is -2.39. The SMILES string of the molecule is COc1ccc2c(c1)OC(OCCN1CCCC1)(c1ccccc1)CC2. The van der Waals surface area contributed by atoms with Gasteiger partial charge in [-0.2, -0.15) is 0 Å². The van der Waals surface area contributed by atoms with Gasteiger partial charge in [0.1, 0.15) is 11.5 Å². The highest BCUT2D eigenvalue weighted by Gasteiger charge is 2.39. The largest absolute Gasteiger partial charge is 0.497 e. The number of hydrogen-bond acceptors (Lipinski definition) is 4. The van der Waals surface area contributed by atoms with Gasteiger partial charge in [0.2, 0.25) is 5.79 Å². The van der Waals surface area contributed by atoms with Gasteiger partial charge in [0, 0.05) is 24.6 Å². The van der Waals surface area contributed by atoms with Gasteiger partial charge in [-0.05, 0) is 44.0 Å². The summed E-state index contributed by atoms with van der Waals surface area (Å²) in [4.78, 5) is 2.47. The number of hydrogen-bond donors (Lipinski definition) is 0. The lowest BCUT2D eigenvalue weighted by molar-refractivity contribution is -0.204. The van der Waals surface area contributed by atoms with E-state index in [0.717, 1.165) is 36.4 Å². The quantitative estimate of drug-likeness (QED) is 0.786. The molecular formula is C22H27NO3. The Morgan fingerprint density at radius 2 is 1.88 bits per heavy atom. The molecule has 0 radical (unpaired) electrons. The molecule has 0 spiro atoms. The first kappa shape index (κ1) is 17.4. The highest BCUT2D eigenvalue weighted by atomic mass is 16.7. The maximum absolute atomic E-state index is 6.49. The molecule has 4 heteroatoms. The fourth-order valence-electron chi connectivity index (χ4n) is 3.92. The van der Waals surface area contributed by atoms with Gasteiger partial charge in [0.25, 0.3) is 0 Å². The first-order valence-electron chi connectivity index (χ1n) is 9.57. The zero-order valence-electron chi connectivity index (χ0n) is 15.4. The molecule has 4 nitrogen and oxygen atoms in total. The van der Waals surface area contributed by atoms with Crippen LogP contribution in [0.3, 0.4) is 0 Å². The third kappa shape index (κ3) is 3.57. The first-order chi connectivity index (χ1) is 12.8. The minimum absolute atomic E-state index is 0.675. The number of likely N-dealkylation sites (tertiary alicyclic amines) is 1. The summed E-state index contributed by atoms with van der Waals surface area (Å²) in [5.41, 5.74) is 2.29. The van der Waals surface area contributed by atoms with Crippen LogP contribution in [0.4, 0.5) is 0 Å². The molecule has 2 aliphatic rings. The minimum Gasteiger partial charge on any atom is -0.497 e. The van der Waals surface area contributed by atoms with E-state index in [1.54, 1.807) is 7.11 Å². The van der Waals surface area contributed by atoms with Crippen molar-refractivity contribution in [2.75, 3.05) is 33.4 Å². The Morgan fingerprint density at radius 3 is 2.65 bits per heavy atom. The second-order valence-corrected chi connectivity index (χ2v) is 7.09. The van der Waals surface area contributed by atoms with Crippen LogP contribution >= 0.6 is 0 Å². The van der Waals surface area contributed by atoms with Gasteiger partial charge in [-0.1, -0.05) is 36.4 Å². The third-order valence-electron chi connectivity index (χ3n) is 5.43. The molecular weight excluding hydrogens is 326 g/mol. The van der Waals surface area contributed by atoms with Crippen molar-refractivity contribution in [3.63, 3.8) is 0 Å². The highest BCUT2D eigenvalue weighted by Crippen LogP contribution is 2.41. The van der Waals surface area contributed by atoms with Crippen LogP contribution in [0, 0.1) is 0 Å². The predicted octanol–water partition coefficient (Wildman–Crippen LogP) is 3.99. The fourth-order valence-corrected chi connectivity index (χ4v) is 3.92. The van der Waals surface area contributed by atoms with Crippen molar-refractivity contribution in [2.45, 2.75) is 31.5 Å². The van der Waals surface area contributed by atoms with Crippen molar-refractivity contribution in [3.05, 3.63) is 59.7 Å². The molecule has 26 heavy (non-hydrogen) atoms. The van der Waals surface area contributed by atoms with Crippen LogP contribution in [0.2, 0.25) is 0 Å². The van der Waals surface area contributed by atoms with E-state index in [4.69, 9.17) is 14.2 Å². The van der Waals surface area contributed by atoms with Crippen molar-refractivity contribution >= 4 is 0 Å². The Hall–Kier alpha value is -2.04. The van der Waals surface area contributed by atoms with Crippen LogP contribution in [0.25, 0.3) is 0 Å². The standard InChI is InChI=1S/C22H27NO3/c1-24-20-10-9-18-11-12-22(26-21(18)17-20,19-7-3-2-4-8-19)25-16-15-23-13-5-6-14-23/h2-4,7-10,17H,5-6,11-16H2,1H3. The van der Waals surface area contributed by atoms with Crippen LogP contribution in [-0.2, 0) is 16.9 Å². The number of ether oxygens (including phenoxy) is 3. The lowest BCUT2D eigenvalue weighted by Crippen LogP contribution is -2.41. The van der Waals surface area contributed by atoms with Crippen molar-refractivity contribution < 1.29 is 14.2 Å². The average Bonchev–Trinajstić information content (AvgIpc) is 3.21. The summed E-state index contributed by atoms with van der Waals surface area (Å²) in [7, 11) is 1.68. The number of benzene rings is 2. The molecule has 0 amide bonds. The van der Waals surface area contributed by atoms with E-state index in [-0.39, 0.29) is 0 Å². The van der Waals surface area contributed by atoms with Gasteiger partial charge in [-0.15, -0.1) is 0 Å². The van der Waals surface area contributed by atoms with Gasteiger partial charge in [0.05, 0.1) is 13.7 Å². The van der Waals surface area contributed by atoms with Crippen molar-refractivity contribution in [3.8, 4) is 11.5 Å². The predicted molar refractivity (Wildman–Crippen MR) is 102 cm³/mol. The first-order valence-corrected chi connectivity index (χ1v) is 9.57. The molecule has 2 aliphatic heterocycles. The molecule has 0 bridgehead atoms. The van der Waals surface area contributed by atoms with Crippen LogP contribution in [0.5, 0.6) is 11.5 Å². The summed E-state index contributed by atoms with van der Waals surface area (Å²) >= 11 is 0. The van der Waals surface area contributed by atoms with Gasteiger partial charge in [0.15, 0.2) is 0 Å². The van der Waals surface area contributed by atoms with E-state index in [1.165, 1.54) is 31.5 Å². The number of aryl methyl sites for hydroxylation is 1. The van der Waals surface area contributed by atoms with Gasteiger partial charge in [-0.3, -0.25) is 0 Å². The number of fused-ring (bicyclic) bond motifs is 1. The molecule has 0 aliphatic carbocycles. The Morgan fingerprint density at radius 1 is 1.08 bits per heavy atom. The Labute approximate surface area is 155 Å². The summed E-state index contributed by atoms with van der Waals surface area (Å²) in [6.45, 7) is 4.00. The van der Waals surface area contributed by atoms with Gasteiger partial charge >= 0.3 is 0 Å². The van der Waals surface area contributed by atoms with E-state index >= 15 is 0 Å². The zero-order chi connectivity index (χ0) is 17.8. The Bertz CT molecular complexity index is 727. The molecule has 2 aromatic rings. The molecule has 0 N–H and O–H groups in total. The van der Waals surface area contributed by atoms with E-state index in [9.17, 15) is 0 Å². The normalized spacial score (nSPS) is 22.7. The van der Waals surface area contributed by atoms with Crippen molar-refractivity contribution in [1.29, 1.82) is 0 Å². The molecule has 138 valence electrons. The van der Waals surface area contributed by atoms with Gasteiger partial charge in [-0.25, -0.2) is 0 Å². The zero-order valence-corrected chi connectivity index (χ0v) is 15.4. The molecule has 1 saturated heterocycles. The maximum Gasteiger partial charge on any atom is 0.237 e. The van der Waals surface area contributed by atoms with E-state index in [2.05, 4.69) is 23.1 Å². The van der Waals surface area contributed by atoms with Crippen LogP contribution in [0.1, 0.15) is 30.4 Å². The summed E-state index contributed by atoms with van der Waals surface area (Å²) in [6, 6.07) is 16.4. The molecule has 1 fully saturated rings. The smallest absolute Gasteiger partial charge is 0.237 e. The summed E-state index contributed by atoms with van der Waals surface area (Å²) in [6.07, 6.45) is 4.34. The van der Waals surface area contributed by atoms with Crippen molar-refractivity contribution in [2.24, 2.45) is 0 Å². The molecule has 2 heterocycles. The Kier molecular flexibility index (Phi) is 5.14. The number of rotatable bonds is 6. The van der Waals surface area contributed by atoms with Crippen LogP contribution < -0.4 is 9.47 Å². The highest BCUT2D eigenvalue weighted by molar-refractivity contribution is 5.43. The molecule has 2 aromatic carbocycles. The second kappa shape index (κ2) is 7.68. The summed E-state index contributed by atoms with van der Waals surface area (Å²) in [5.74, 6) is 0.950. The van der Waals surface area contributed by atoms with Gasteiger partial charge < -0.3 is 19.1 Å². The van der Waals surface area contributed by atoms with Crippen LogP contribution in [-0.4, -0.2) is 38.3 Å². The second-order valence-electron chi connectivity index (χ2n) is 7.09. The summed E-state index contributed by atoms with van der Waals surface area (Å²) < 4.78 is 18.3. The lowest BCUT2D eigenvalue weighted by atomic mass is 9.94. The molecule has 1 unspecified atom stereocenters. The van der Waals surface area contributed by atoms with E-state index in [1.807, 2.05) is 30.3 Å². The molecule has 0 aromatic heterocycles. The molecule has 4 rings (SSSR count). The third-order valence-corrected chi connectivity index (χ3v) is 5.43. The van der Waals surface area contributed by atoms with Crippen LogP contribution in [0.15, 0.2) is 48.5 Å². The topological polar surface area (TPSA) is 30.9 Å². The molecule has 1 atom stereocenters. The van der Waals surface area contributed by atoms with Crippen molar-refractivity contribution in [1.82, 2.24) is 4.90 Å². The van der Waals surface area contributed by atoms with E-state index < -0.39 is 5.79 Å². The number of methoxy groups -OCH3 is 1. The van der Waals surface area contributed by atoms with E-state index in [0.29, 0.717) is 6.61 Å². The number of nitrogens with zero attached hydrogens (tertiary/aromatic N) is 1. The maximum atomic E-state index is 6.49. The average molecular weight is 353 g/mol. The minimum atomic E-state index is -0.722. The monoisotopic (exact) mass is 353 g/mol. The summed E-state index contributed by atoms with van der Waals surface area (Å²) in [5, 5.41) is 0. The fraction of sp³-hybridized carbons (Fsp3) is 0.455. The molecule has 0 saturated carbocycles.